The minimum atomic E-state index is 0.438. The van der Waals surface area contributed by atoms with E-state index in [1.54, 1.807) is 0 Å². The van der Waals surface area contributed by atoms with E-state index in [4.69, 9.17) is 27.9 Å². The normalized spacial score (nSPS) is 10.5. The lowest BCUT2D eigenvalue weighted by Gasteiger charge is -2.12. The molecule has 0 saturated carbocycles. The van der Waals surface area contributed by atoms with E-state index in [0.717, 1.165) is 4.47 Å². The summed E-state index contributed by atoms with van der Waals surface area (Å²) in [5.74, 6) is 1.12. The first kappa shape index (κ1) is 13.7. The van der Waals surface area contributed by atoms with Gasteiger partial charge in [0.2, 0.25) is 0 Å². The Kier molecular flexibility index (Phi) is 4.15. The number of nitrogens with zero attached hydrogens (tertiary/aromatic N) is 1. The van der Waals surface area contributed by atoms with Crippen LogP contribution in [0.1, 0.15) is 11.4 Å². The number of rotatable bonds is 2. The molecule has 0 N–H and O–H groups in total. The van der Waals surface area contributed by atoms with E-state index in [1.165, 1.54) is 0 Å². The van der Waals surface area contributed by atoms with E-state index >= 15 is 0 Å². The lowest BCUT2D eigenvalue weighted by Crippen LogP contribution is -1.95. The zero-order chi connectivity index (χ0) is 13.3. The van der Waals surface area contributed by atoms with Crippen LogP contribution in [0, 0.1) is 13.8 Å². The van der Waals surface area contributed by atoms with Crippen LogP contribution in [0.2, 0.25) is 10.0 Å². The van der Waals surface area contributed by atoms with Gasteiger partial charge >= 0.3 is 0 Å². The number of halogens is 3. The van der Waals surface area contributed by atoms with Gasteiger partial charge < -0.3 is 4.74 Å². The third kappa shape index (κ3) is 2.79. The fraction of sp³-hybridized carbons (Fsp3) is 0.154. The summed E-state index contributed by atoms with van der Waals surface area (Å²) in [6, 6.07) is 7.44. The first-order chi connectivity index (χ1) is 8.49. The molecule has 0 aliphatic rings. The monoisotopic (exact) mass is 345 g/mol. The van der Waals surface area contributed by atoms with Crippen LogP contribution in [0.25, 0.3) is 0 Å². The maximum absolute atomic E-state index is 6.17. The molecule has 0 radical (unpaired) electrons. The maximum Gasteiger partial charge on any atom is 0.168 e. The zero-order valence-electron chi connectivity index (χ0n) is 9.80. The molecule has 0 atom stereocenters. The van der Waals surface area contributed by atoms with Crippen molar-refractivity contribution in [2.75, 3.05) is 0 Å². The van der Waals surface area contributed by atoms with Gasteiger partial charge in [-0.3, -0.25) is 4.98 Å². The highest BCUT2D eigenvalue weighted by Gasteiger charge is 2.15. The molecule has 2 nitrogen and oxygen atoms in total. The molecule has 1 aromatic heterocycles. The van der Waals surface area contributed by atoms with E-state index < -0.39 is 0 Å². The SMILES string of the molecule is Cc1nc(C)c(Cl)c(Oc2ccc(Br)cc2)c1Cl. The van der Waals surface area contributed by atoms with Crippen LogP contribution in [-0.2, 0) is 0 Å². The lowest BCUT2D eigenvalue weighted by atomic mass is 10.3. The number of aromatic nitrogens is 1. The summed E-state index contributed by atoms with van der Waals surface area (Å²) in [5, 5.41) is 0.877. The van der Waals surface area contributed by atoms with Crippen LogP contribution in [-0.4, -0.2) is 4.98 Å². The largest absolute Gasteiger partial charge is 0.454 e. The third-order valence-corrected chi connectivity index (χ3v) is 3.82. The number of hydrogen-bond acceptors (Lipinski definition) is 2. The highest BCUT2D eigenvalue weighted by atomic mass is 79.9. The molecule has 0 fully saturated rings. The Morgan fingerprint density at radius 3 is 2.00 bits per heavy atom. The van der Waals surface area contributed by atoms with Crippen molar-refractivity contribution in [1.29, 1.82) is 0 Å². The summed E-state index contributed by atoms with van der Waals surface area (Å²) in [4.78, 5) is 4.24. The van der Waals surface area contributed by atoms with E-state index in [1.807, 2.05) is 38.1 Å². The van der Waals surface area contributed by atoms with Crippen LogP contribution in [0.4, 0.5) is 0 Å². The summed E-state index contributed by atoms with van der Waals surface area (Å²) in [5.41, 5.74) is 1.40. The van der Waals surface area contributed by atoms with Crippen molar-refractivity contribution < 1.29 is 4.74 Å². The minimum absolute atomic E-state index is 0.438. The average molecular weight is 347 g/mol. The molecule has 0 amide bonds. The van der Waals surface area contributed by atoms with Crippen molar-refractivity contribution in [2.24, 2.45) is 0 Å². The lowest BCUT2D eigenvalue weighted by molar-refractivity contribution is 0.481. The molecule has 2 aromatic rings. The van der Waals surface area contributed by atoms with Gasteiger partial charge in [-0.2, -0.15) is 0 Å². The number of pyridine rings is 1. The summed E-state index contributed by atoms with van der Waals surface area (Å²) >= 11 is 15.7. The Hall–Kier alpha value is -0.770. The van der Waals surface area contributed by atoms with Crippen molar-refractivity contribution in [3.63, 3.8) is 0 Å². The minimum Gasteiger partial charge on any atom is -0.454 e. The van der Waals surface area contributed by atoms with E-state index in [-0.39, 0.29) is 0 Å². The first-order valence-electron chi connectivity index (χ1n) is 5.24. The van der Waals surface area contributed by atoms with Gasteiger partial charge in [0, 0.05) is 4.47 Å². The van der Waals surface area contributed by atoms with Crippen molar-refractivity contribution in [1.82, 2.24) is 4.98 Å². The highest BCUT2D eigenvalue weighted by Crippen LogP contribution is 2.39. The van der Waals surface area contributed by atoms with Crippen LogP contribution in [0.15, 0.2) is 28.7 Å². The summed E-state index contributed by atoms with van der Waals surface area (Å²) < 4.78 is 6.71. The molecule has 0 spiro atoms. The molecule has 1 aromatic carbocycles. The predicted octanol–water partition coefficient (Wildman–Crippen LogP) is 5.56. The maximum atomic E-state index is 6.17. The third-order valence-electron chi connectivity index (χ3n) is 2.40. The van der Waals surface area contributed by atoms with Crippen molar-refractivity contribution >= 4 is 39.1 Å². The molecular weight excluding hydrogens is 337 g/mol. The first-order valence-corrected chi connectivity index (χ1v) is 6.79. The van der Waals surface area contributed by atoms with Gasteiger partial charge in [-0.05, 0) is 38.1 Å². The Balaban J connectivity index is 2.42. The standard InChI is InChI=1S/C13H10BrCl2NO/c1-7-11(15)13(12(16)8(2)17-7)18-10-5-3-9(14)4-6-10/h3-6H,1-2H3. The van der Waals surface area contributed by atoms with Crippen LogP contribution >= 0.6 is 39.1 Å². The second-order valence-corrected chi connectivity index (χ2v) is 5.47. The van der Waals surface area contributed by atoms with E-state index in [2.05, 4.69) is 20.9 Å². The Labute approximate surface area is 124 Å². The van der Waals surface area contributed by atoms with Crippen LogP contribution in [0.3, 0.4) is 0 Å². The molecule has 0 unspecified atom stereocenters. The molecule has 94 valence electrons. The van der Waals surface area contributed by atoms with Crippen LogP contribution < -0.4 is 4.74 Å². The molecule has 18 heavy (non-hydrogen) atoms. The van der Waals surface area contributed by atoms with Crippen molar-refractivity contribution in [3.8, 4) is 11.5 Å². The van der Waals surface area contributed by atoms with Gasteiger partial charge in [0.25, 0.3) is 0 Å². The summed E-state index contributed by atoms with van der Waals surface area (Å²) in [7, 11) is 0. The van der Waals surface area contributed by atoms with Gasteiger partial charge in [0.1, 0.15) is 15.8 Å². The van der Waals surface area contributed by atoms with E-state index in [0.29, 0.717) is 32.9 Å². The van der Waals surface area contributed by atoms with Gasteiger partial charge in [-0.1, -0.05) is 39.1 Å². The average Bonchev–Trinajstić information content (AvgIpc) is 2.34. The molecular formula is C13H10BrCl2NO. The smallest absolute Gasteiger partial charge is 0.168 e. The Morgan fingerprint density at radius 1 is 1.00 bits per heavy atom. The number of ether oxygens (including phenoxy) is 1. The van der Waals surface area contributed by atoms with E-state index in [9.17, 15) is 0 Å². The molecule has 2 rings (SSSR count). The fourth-order valence-corrected chi connectivity index (χ4v) is 2.15. The Morgan fingerprint density at radius 2 is 1.50 bits per heavy atom. The van der Waals surface area contributed by atoms with Gasteiger partial charge in [-0.25, -0.2) is 0 Å². The molecule has 0 bridgehead atoms. The summed E-state index contributed by atoms with van der Waals surface area (Å²) in [6.07, 6.45) is 0. The molecule has 1 heterocycles. The van der Waals surface area contributed by atoms with Crippen molar-refractivity contribution in [3.05, 3.63) is 50.2 Å². The van der Waals surface area contributed by atoms with Crippen molar-refractivity contribution in [2.45, 2.75) is 13.8 Å². The molecule has 5 heteroatoms. The van der Waals surface area contributed by atoms with Gasteiger partial charge in [0.05, 0.1) is 11.4 Å². The molecule has 0 aliphatic carbocycles. The fourth-order valence-electron chi connectivity index (χ4n) is 1.48. The molecule has 0 saturated heterocycles. The number of benzene rings is 1. The Bertz CT molecular complexity index is 558. The second kappa shape index (κ2) is 5.47. The quantitative estimate of drug-likeness (QED) is 0.710. The summed E-state index contributed by atoms with van der Waals surface area (Å²) in [6.45, 7) is 3.64. The second-order valence-electron chi connectivity index (χ2n) is 3.80. The predicted molar refractivity (Wildman–Crippen MR) is 77.9 cm³/mol. The zero-order valence-corrected chi connectivity index (χ0v) is 12.9. The van der Waals surface area contributed by atoms with Gasteiger partial charge in [-0.15, -0.1) is 0 Å². The number of aryl methyl sites for hydroxylation is 2. The highest BCUT2D eigenvalue weighted by molar-refractivity contribution is 9.10. The topological polar surface area (TPSA) is 22.1 Å². The molecule has 0 aliphatic heterocycles. The van der Waals surface area contributed by atoms with Crippen LogP contribution in [0.5, 0.6) is 11.5 Å². The van der Waals surface area contributed by atoms with Gasteiger partial charge in [0.15, 0.2) is 5.75 Å². The number of hydrogen-bond donors (Lipinski definition) is 0.